The number of aromatic nitrogens is 1. The average Bonchev–Trinajstić information content (AvgIpc) is 3.10. The van der Waals surface area contributed by atoms with Crippen molar-refractivity contribution in [2.24, 2.45) is 12.0 Å². The van der Waals surface area contributed by atoms with Gasteiger partial charge in [-0.05, 0) is 49.9 Å². The van der Waals surface area contributed by atoms with Gasteiger partial charge in [0, 0.05) is 51.2 Å². The van der Waals surface area contributed by atoms with E-state index in [2.05, 4.69) is 85.3 Å². The summed E-state index contributed by atoms with van der Waals surface area (Å²) in [4.78, 5) is 7.32. The van der Waals surface area contributed by atoms with Gasteiger partial charge in [0.2, 0.25) is 0 Å². The average molecular weight is 510 g/mol. The molecule has 1 aromatic heterocycles. The van der Waals surface area contributed by atoms with E-state index < -0.39 is 0 Å². The number of nitrogens with one attached hydrogen (secondary N) is 1. The van der Waals surface area contributed by atoms with Gasteiger partial charge in [0.1, 0.15) is 0 Å². The van der Waals surface area contributed by atoms with Crippen LogP contribution in [0.1, 0.15) is 36.6 Å². The van der Waals surface area contributed by atoms with Crippen molar-refractivity contribution in [2.45, 2.75) is 38.6 Å². The summed E-state index contributed by atoms with van der Waals surface area (Å²) in [5.74, 6) is 0.961. The minimum atomic E-state index is 0. The normalized spacial score (nSPS) is 16.2. The van der Waals surface area contributed by atoms with Gasteiger partial charge in [-0.2, -0.15) is 0 Å². The van der Waals surface area contributed by atoms with Crippen molar-refractivity contribution in [1.82, 2.24) is 14.8 Å². The molecule has 1 saturated heterocycles. The molecule has 0 atom stereocenters. The first-order valence-electron chi connectivity index (χ1n) is 10.3. The Labute approximate surface area is 192 Å². The summed E-state index contributed by atoms with van der Waals surface area (Å²) >= 11 is 0. The second kappa shape index (κ2) is 11.0. The van der Waals surface area contributed by atoms with Gasteiger partial charge in [0.25, 0.3) is 0 Å². The number of guanidine groups is 1. The van der Waals surface area contributed by atoms with Crippen molar-refractivity contribution in [1.29, 1.82) is 0 Å². The molecule has 3 rings (SSSR count). The fourth-order valence-electron chi connectivity index (χ4n) is 4.12. The molecule has 0 spiro atoms. The molecule has 0 bridgehead atoms. The van der Waals surface area contributed by atoms with E-state index in [1.807, 2.05) is 0 Å². The number of hydrogen-bond donors (Lipinski definition) is 1. The van der Waals surface area contributed by atoms with E-state index >= 15 is 0 Å². The lowest BCUT2D eigenvalue weighted by atomic mass is 9.72. The monoisotopic (exact) mass is 510 g/mol. The first-order valence-corrected chi connectivity index (χ1v) is 10.3. The van der Waals surface area contributed by atoms with Gasteiger partial charge in [0.05, 0.1) is 13.1 Å². The van der Waals surface area contributed by atoms with Gasteiger partial charge < -0.3 is 19.5 Å². The molecule has 29 heavy (non-hydrogen) atoms. The van der Waals surface area contributed by atoms with Crippen LogP contribution >= 0.6 is 24.0 Å². The summed E-state index contributed by atoms with van der Waals surface area (Å²) in [6, 6.07) is 13.0. The fraction of sp³-hybridized carbons (Fsp3) is 0.522. The first-order chi connectivity index (χ1) is 13.6. The summed E-state index contributed by atoms with van der Waals surface area (Å²) in [7, 11) is 4.20. The highest BCUT2D eigenvalue weighted by Crippen LogP contribution is 2.37. The van der Waals surface area contributed by atoms with Crippen LogP contribution in [0.4, 0.5) is 0 Å². The first kappa shape index (κ1) is 23.7. The second-order valence-corrected chi connectivity index (χ2v) is 7.84. The molecule has 1 N–H and O–H groups in total. The van der Waals surface area contributed by atoms with Crippen molar-refractivity contribution < 1.29 is 4.74 Å². The quantitative estimate of drug-likeness (QED) is 0.362. The Kier molecular flexibility index (Phi) is 9.02. The van der Waals surface area contributed by atoms with E-state index in [0.29, 0.717) is 0 Å². The Morgan fingerprint density at radius 2 is 1.93 bits per heavy atom. The highest BCUT2D eigenvalue weighted by Gasteiger charge is 2.35. The minimum absolute atomic E-state index is 0. The summed E-state index contributed by atoms with van der Waals surface area (Å²) in [5.41, 5.74) is 4.09. The van der Waals surface area contributed by atoms with Crippen LogP contribution in [-0.4, -0.2) is 48.8 Å². The fourth-order valence-corrected chi connectivity index (χ4v) is 4.12. The third-order valence-corrected chi connectivity index (χ3v) is 5.84. The van der Waals surface area contributed by atoms with E-state index in [1.54, 1.807) is 0 Å². The molecule has 1 aliphatic rings. The molecule has 1 aromatic carbocycles. The van der Waals surface area contributed by atoms with Crippen LogP contribution in [0, 0.1) is 6.92 Å². The molecule has 0 aliphatic carbocycles. The lowest BCUT2D eigenvalue weighted by Gasteiger charge is -2.38. The predicted octanol–water partition coefficient (Wildman–Crippen LogP) is 4.10. The molecule has 2 aromatic rings. The molecule has 0 radical (unpaired) electrons. The van der Waals surface area contributed by atoms with Crippen LogP contribution in [0.15, 0.2) is 47.6 Å². The number of nitrogens with zero attached hydrogens (tertiary/aromatic N) is 3. The molecule has 1 fully saturated rings. The Hall–Kier alpha value is -1.54. The van der Waals surface area contributed by atoms with E-state index in [0.717, 1.165) is 51.6 Å². The van der Waals surface area contributed by atoms with Crippen LogP contribution in [0.2, 0.25) is 0 Å². The standard InChI is InChI=1S/C23H34N4O.HI/c1-5-24-22(27(4)17-20-10-8-14-26(20)3)25-18-23(12-15-28-16-13-23)21-11-7-6-9-19(21)2;/h6-11,14H,5,12-13,15-18H2,1-4H3,(H,24,25);1H. The second-order valence-electron chi connectivity index (χ2n) is 7.84. The molecular weight excluding hydrogens is 475 g/mol. The van der Waals surface area contributed by atoms with Crippen molar-refractivity contribution in [3.05, 3.63) is 59.4 Å². The highest BCUT2D eigenvalue weighted by atomic mass is 127. The zero-order valence-electron chi connectivity index (χ0n) is 18.1. The van der Waals surface area contributed by atoms with Gasteiger partial charge in [-0.25, -0.2) is 0 Å². The zero-order chi connectivity index (χ0) is 20.0. The molecule has 0 amide bonds. The van der Waals surface area contributed by atoms with Crippen LogP contribution in [0.5, 0.6) is 0 Å². The topological polar surface area (TPSA) is 41.8 Å². The van der Waals surface area contributed by atoms with Gasteiger partial charge in [-0.3, -0.25) is 4.99 Å². The molecular formula is C23H35IN4O. The predicted molar refractivity (Wildman–Crippen MR) is 131 cm³/mol. The summed E-state index contributed by atoms with van der Waals surface area (Å²) < 4.78 is 7.85. The molecule has 2 heterocycles. The Bertz CT molecular complexity index is 796. The van der Waals surface area contributed by atoms with Crippen LogP contribution in [0.25, 0.3) is 0 Å². The maximum Gasteiger partial charge on any atom is 0.194 e. The van der Waals surface area contributed by atoms with E-state index in [1.165, 1.54) is 16.8 Å². The van der Waals surface area contributed by atoms with Gasteiger partial charge in [0.15, 0.2) is 5.96 Å². The third-order valence-electron chi connectivity index (χ3n) is 5.84. The summed E-state index contributed by atoms with van der Waals surface area (Å²) in [6.07, 6.45) is 4.12. The molecule has 1 aliphatic heterocycles. The number of aryl methyl sites for hydroxylation is 2. The smallest absolute Gasteiger partial charge is 0.194 e. The van der Waals surface area contributed by atoms with E-state index in [-0.39, 0.29) is 29.4 Å². The summed E-state index contributed by atoms with van der Waals surface area (Å²) in [5, 5.41) is 3.47. The zero-order valence-corrected chi connectivity index (χ0v) is 20.5. The van der Waals surface area contributed by atoms with Gasteiger partial charge in [-0.15, -0.1) is 24.0 Å². The number of rotatable bonds is 6. The van der Waals surface area contributed by atoms with Crippen LogP contribution < -0.4 is 5.32 Å². The van der Waals surface area contributed by atoms with Crippen molar-refractivity contribution in [2.75, 3.05) is 33.4 Å². The van der Waals surface area contributed by atoms with Crippen molar-refractivity contribution in [3.8, 4) is 0 Å². The third kappa shape index (κ3) is 5.75. The maximum atomic E-state index is 5.69. The molecule has 5 nitrogen and oxygen atoms in total. The number of halogens is 1. The van der Waals surface area contributed by atoms with E-state index in [4.69, 9.17) is 9.73 Å². The van der Waals surface area contributed by atoms with Gasteiger partial charge >= 0.3 is 0 Å². The number of benzene rings is 1. The molecule has 160 valence electrons. The lowest BCUT2D eigenvalue weighted by molar-refractivity contribution is 0.0528. The number of hydrogen-bond acceptors (Lipinski definition) is 2. The number of aliphatic imine (C=N–C) groups is 1. The lowest BCUT2D eigenvalue weighted by Crippen LogP contribution is -2.42. The van der Waals surface area contributed by atoms with Crippen molar-refractivity contribution >= 4 is 29.9 Å². The SMILES string of the molecule is CCNC(=NCC1(c2ccccc2C)CCOCC1)N(C)Cc1cccn1C.I. The Balaban J connectivity index is 0.00000300. The summed E-state index contributed by atoms with van der Waals surface area (Å²) in [6.45, 7) is 8.41. The van der Waals surface area contributed by atoms with E-state index in [9.17, 15) is 0 Å². The molecule has 0 unspecified atom stereocenters. The maximum absolute atomic E-state index is 5.69. The number of ether oxygens (including phenoxy) is 1. The molecule has 0 saturated carbocycles. The molecule has 6 heteroatoms. The minimum Gasteiger partial charge on any atom is -0.381 e. The van der Waals surface area contributed by atoms with Crippen molar-refractivity contribution in [3.63, 3.8) is 0 Å². The van der Waals surface area contributed by atoms with Crippen LogP contribution in [-0.2, 0) is 23.7 Å². The van der Waals surface area contributed by atoms with Gasteiger partial charge in [-0.1, -0.05) is 24.3 Å². The highest BCUT2D eigenvalue weighted by molar-refractivity contribution is 14.0. The largest absolute Gasteiger partial charge is 0.381 e. The van der Waals surface area contributed by atoms with Crippen LogP contribution in [0.3, 0.4) is 0 Å². The Morgan fingerprint density at radius 3 is 2.55 bits per heavy atom. The Morgan fingerprint density at radius 1 is 1.21 bits per heavy atom.